The molecule has 0 saturated heterocycles. The molecule has 0 unspecified atom stereocenters. The van der Waals surface area contributed by atoms with Crippen molar-refractivity contribution in [1.29, 1.82) is 0 Å². The van der Waals surface area contributed by atoms with Crippen LogP contribution in [0.5, 0.6) is 0 Å². The Balaban J connectivity index is 1.35. The highest BCUT2D eigenvalue weighted by molar-refractivity contribution is 7.13. The van der Waals surface area contributed by atoms with Gasteiger partial charge in [-0.15, -0.1) is 11.3 Å². The van der Waals surface area contributed by atoms with Gasteiger partial charge in [-0.2, -0.15) is 5.10 Å². The molecule has 1 aromatic carbocycles. The normalized spacial score (nSPS) is 11.1. The van der Waals surface area contributed by atoms with Crippen molar-refractivity contribution < 1.29 is 4.79 Å². The SMILES string of the molecule is Cc1cc(C)n(-c2ccc(C(=O)Nc3ccc4nc(-c5cccs5)[nH]c4c3)cn2)n1. The number of nitrogens with zero attached hydrogens (tertiary/aromatic N) is 4. The molecule has 0 aliphatic rings. The molecule has 8 heteroatoms. The van der Waals surface area contributed by atoms with Gasteiger partial charge in [-0.25, -0.2) is 14.6 Å². The number of rotatable bonds is 4. The number of fused-ring (bicyclic) bond motifs is 1. The number of aryl methyl sites for hydroxylation is 2. The summed E-state index contributed by atoms with van der Waals surface area (Å²) in [4.78, 5) is 26.0. The van der Waals surface area contributed by atoms with E-state index in [0.717, 1.165) is 33.1 Å². The van der Waals surface area contributed by atoms with Gasteiger partial charge in [0.25, 0.3) is 5.91 Å². The van der Waals surface area contributed by atoms with E-state index in [0.29, 0.717) is 17.1 Å². The number of amides is 1. The summed E-state index contributed by atoms with van der Waals surface area (Å²) in [5, 5.41) is 9.36. The van der Waals surface area contributed by atoms with Gasteiger partial charge in [0.05, 0.1) is 27.2 Å². The van der Waals surface area contributed by atoms with Gasteiger partial charge < -0.3 is 10.3 Å². The fourth-order valence-electron chi connectivity index (χ4n) is 3.33. The molecule has 5 aromatic rings. The third-order valence-corrected chi connectivity index (χ3v) is 5.61. The average molecular weight is 414 g/mol. The van der Waals surface area contributed by atoms with E-state index in [1.807, 2.05) is 55.6 Å². The molecule has 2 N–H and O–H groups in total. The van der Waals surface area contributed by atoms with Gasteiger partial charge in [-0.3, -0.25) is 4.79 Å². The highest BCUT2D eigenvalue weighted by atomic mass is 32.1. The van der Waals surface area contributed by atoms with Crippen molar-refractivity contribution in [3.05, 3.63) is 77.1 Å². The summed E-state index contributed by atoms with van der Waals surface area (Å²) in [7, 11) is 0. The van der Waals surface area contributed by atoms with Crippen LogP contribution in [0.1, 0.15) is 21.7 Å². The number of pyridine rings is 1. The number of imidazole rings is 1. The van der Waals surface area contributed by atoms with Crippen molar-refractivity contribution in [2.24, 2.45) is 0 Å². The smallest absolute Gasteiger partial charge is 0.257 e. The predicted molar refractivity (Wildman–Crippen MR) is 118 cm³/mol. The number of aromatic amines is 1. The van der Waals surface area contributed by atoms with E-state index in [9.17, 15) is 4.79 Å². The van der Waals surface area contributed by atoms with Gasteiger partial charge in [0, 0.05) is 17.6 Å². The molecular weight excluding hydrogens is 396 g/mol. The fourth-order valence-corrected chi connectivity index (χ4v) is 4.00. The first kappa shape index (κ1) is 18.3. The van der Waals surface area contributed by atoms with Crippen molar-refractivity contribution in [3.8, 4) is 16.5 Å². The summed E-state index contributed by atoms with van der Waals surface area (Å²) in [5.41, 5.74) is 4.81. The minimum atomic E-state index is -0.222. The van der Waals surface area contributed by atoms with Gasteiger partial charge in [-0.05, 0) is 61.7 Å². The second kappa shape index (κ2) is 7.23. The van der Waals surface area contributed by atoms with Crippen LogP contribution >= 0.6 is 11.3 Å². The number of carbonyl (C=O) groups is 1. The molecule has 0 fully saturated rings. The average Bonchev–Trinajstić information content (AvgIpc) is 3.47. The van der Waals surface area contributed by atoms with E-state index in [2.05, 4.69) is 25.4 Å². The quantitative estimate of drug-likeness (QED) is 0.444. The number of H-pyrrole nitrogens is 1. The number of thiophene rings is 1. The second-order valence-corrected chi connectivity index (χ2v) is 7.94. The van der Waals surface area contributed by atoms with Crippen molar-refractivity contribution in [1.82, 2.24) is 24.7 Å². The number of anilines is 1. The first-order chi connectivity index (χ1) is 14.6. The Morgan fingerprint density at radius 2 is 2.03 bits per heavy atom. The van der Waals surface area contributed by atoms with Gasteiger partial charge >= 0.3 is 0 Å². The predicted octanol–water partition coefficient (Wildman–Crippen LogP) is 4.74. The molecule has 0 aliphatic heterocycles. The zero-order valence-corrected chi connectivity index (χ0v) is 17.2. The minimum Gasteiger partial charge on any atom is -0.337 e. The summed E-state index contributed by atoms with van der Waals surface area (Å²) >= 11 is 1.63. The van der Waals surface area contributed by atoms with Gasteiger partial charge in [0.15, 0.2) is 5.82 Å². The Labute approximate surface area is 176 Å². The maximum Gasteiger partial charge on any atom is 0.257 e. The van der Waals surface area contributed by atoms with E-state index in [1.165, 1.54) is 0 Å². The van der Waals surface area contributed by atoms with Crippen LogP contribution in [0, 0.1) is 13.8 Å². The van der Waals surface area contributed by atoms with Crippen LogP contribution in [0.25, 0.3) is 27.6 Å². The first-order valence-electron chi connectivity index (χ1n) is 9.41. The number of aromatic nitrogens is 5. The lowest BCUT2D eigenvalue weighted by Gasteiger charge is -2.07. The molecule has 30 heavy (non-hydrogen) atoms. The molecule has 148 valence electrons. The number of hydrogen-bond acceptors (Lipinski definition) is 5. The number of benzene rings is 1. The van der Waals surface area contributed by atoms with Crippen LogP contribution in [0.3, 0.4) is 0 Å². The van der Waals surface area contributed by atoms with Crippen LogP contribution in [-0.4, -0.2) is 30.6 Å². The molecule has 0 radical (unpaired) electrons. The first-order valence-corrected chi connectivity index (χ1v) is 10.3. The Morgan fingerprint density at radius 1 is 1.13 bits per heavy atom. The third-order valence-electron chi connectivity index (χ3n) is 4.73. The summed E-state index contributed by atoms with van der Waals surface area (Å²) in [6.45, 7) is 3.91. The zero-order chi connectivity index (χ0) is 20.7. The summed E-state index contributed by atoms with van der Waals surface area (Å²) in [6, 6.07) is 15.2. The maximum atomic E-state index is 12.7. The van der Waals surface area contributed by atoms with Gasteiger partial charge in [-0.1, -0.05) is 6.07 Å². The molecule has 0 bridgehead atoms. The molecular formula is C22H18N6OS. The van der Waals surface area contributed by atoms with Crippen LogP contribution < -0.4 is 5.32 Å². The largest absolute Gasteiger partial charge is 0.337 e. The Hall–Kier alpha value is -3.78. The number of carbonyl (C=O) groups excluding carboxylic acids is 1. The van der Waals surface area contributed by atoms with Crippen LogP contribution in [0.2, 0.25) is 0 Å². The highest BCUT2D eigenvalue weighted by Crippen LogP contribution is 2.26. The van der Waals surface area contributed by atoms with Crippen LogP contribution in [-0.2, 0) is 0 Å². The third kappa shape index (κ3) is 3.37. The summed E-state index contributed by atoms with van der Waals surface area (Å²) in [6.07, 6.45) is 1.56. The monoisotopic (exact) mass is 414 g/mol. The minimum absolute atomic E-state index is 0.222. The van der Waals surface area contributed by atoms with Crippen molar-refractivity contribution >= 4 is 34.0 Å². The number of nitrogens with one attached hydrogen (secondary N) is 2. The fraction of sp³-hybridized carbons (Fsp3) is 0.0909. The lowest BCUT2D eigenvalue weighted by molar-refractivity contribution is 0.102. The summed E-state index contributed by atoms with van der Waals surface area (Å²) in [5.74, 6) is 1.28. The molecule has 0 aliphatic carbocycles. The van der Waals surface area contributed by atoms with E-state index in [-0.39, 0.29) is 5.91 Å². The topological polar surface area (TPSA) is 88.5 Å². The Kier molecular flexibility index (Phi) is 4.40. The van der Waals surface area contributed by atoms with Crippen LogP contribution in [0.4, 0.5) is 5.69 Å². The molecule has 0 spiro atoms. The van der Waals surface area contributed by atoms with Crippen molar-refractivity contribution in [2.75, 3.05) is 5.32 Å². The Morgan fingerprint density at radius 3 is 2.73 bits per heavy atom. The Bertz CT molecular complexity index is 1350. The molecule has 0 saturated carbocycles. The second-order valence-electron chi connectivity index (χ2n) is 6.99. The zero-order valence-electron chi connectivity index (χ0n) is 16.4. The molecule has 5 rings (SSSR count). The molecule has 7 nitrogen and oxygen atoms in total. The van der Waals surface area contributed by atoms with E-state index >= 15 is 0 Å². The lowest BCUT2D eigenvalue weighted by atomic mass is 10.2. The highest BCUT2D eigenvalue weighted by Gasteiger charge is 2.11. The standard InChI is InChI=1S/C22H18N6OS/c1-13-10-14(2)28(27-13)20-8-5-15(12-23-20)22(29)24-16-6-7-17-18(11-16)26-21(25-17)19-4-3-9-30-19/h3-12H,1-2H3,(H,24,29)(H,25,26). The molecule has 0 atom stereocenters. The molecule has 4 heterocycles. The molecule has 4 aromatic heterocycles. The van der Waals surface area contributed by atoms with Crippen LogP contribution in [0.15, 0.2) is 60.1 Å². The van der Waals surface area contributed by atoms with Gasteiger partial charge in [0.2, 0.25) is 0 Å². The summed E-state index contributed by atoms with van der Waals surface area (Å²) < 4.78 is 1.76. The molecule has 1 amide bonds. The van der Waals surface area contributed by atoms with Gasteiger partial charge in [0.1, 0.15) is 5.82 Å². The number of hydrogen-bond donors (Lipinski definition) is 2. The maximum absolute atomic E-state index is 12.7. The van der Waals surface area contributed by atoms with E-state index < -0.39 is 0 Å². The van der Waals surface area contributed by atoms with Crippen molar-refractivity contribution in [2.45, 2.75) is 13.8 Å². The van der Waals surface area contributed by atoms with E-state index in [1.54, 1.807) is 34.3 Å². The van der Waals surface area contributed by atoms with Crippen molar-refractivity contribution in [3.63, 3.8) is 0 Å². The lowest BCUT2D eigenvalue weighted by Crippen LogP contribution is -2.13. The van der Waals surface area contributed by atoms with E-state index in [4.69, 9.17) is 0 Å².